The third-order valence-corrected chi connectivity index (χ3v) is 5.37. The van der Waals surface area contributed by atoms with Crippen LogP contribution < -0.4 is 11.1 Å². The standard InChI is InChI=1S/C16H28N4O2/c17-14(13-6-3-7-18-15(13)21)16(22)20-10-4-5-12(20)11-19-8-1-2-9-19/h12-14H,1-11,17H2,(H,18,21)/t12-,13-,14?/m0/s1. The number of nitrogens with one attached hydrogen (secondary N) is 1. The van der Waals surface area contributed by atoms with Gasteiger partial charge in [0.2, 0.25) is 11.8 Å². The number of rotatable bonds is 4. The molecule has 3 rings (SSSR count). The first-order valence-electron chi connectivity index (χ1n) is 8.73. The highest BCUT2D eigenvalue weighted by molar-refractivity contribution is 5.90. The van der Waals surface area contributed by atoms with Gasteiger partial charge in [0.05, 0.1) is 12.0 Å². The van der Waals surface area contributed by atoms with Crippen molar-refractivity contribution in [3.8, 4) is 0 Å². The number of carbonyl (C=O) groups is 2. The third kappa shape index (κ3) is 3.27. The van der Waals surface area contributed by atoms with Crippen LogP contribution in [0.4, 0.5) is 0 Å². The SMILES string of the molecule is NC(C(=O)N1CCC[C@H]1CN1CCCC1)[C@@H]1CCCNC1=O. The molecule has 6 nitrogen and oxygen atoms in total. The van der Waals surface area contributed by atoms with Gasteiger partial charge in [-0.25, -0.2) is 0 Å². The molecule has 6 heteroatoms. The second kappa shape index (κ2) is 6.96. The maximum absolute atomic E-state index is 12.8. The molecule has 3 atom stereocenters. The van der Waals surface area contributed by atoms with E-state index in [9.17, 15) is 9.59 Å². The normalized spacial score (nSPS) is 31.3. The predicted octanol–water partition coefficient (Wildman–Crippen LogP) is -0.0733. The first-order chi connectivity index (χ1) is 10.7. The molecule has 0 aromatic rings. The molecule has 0 aliphatic carbocycles. The van der Waals surface area contributed by atoms with Gasteiger partial charge in [-0.3, -0.25) is 9.59 Å². The molecule has 3 saturated heterocycles. The lowest BCUT2D eigenvalue weighted by Crippen LogP contribution is -2.55. The molecule has 3 heterocycles. The fourth-order valence-corrected chi connectivity index (χ4v) is 4.08. The van der Waals surface area contributed by atoms with E-state index >= 15 is 0 Å². The predicted molar refractivity (Wildman–Crippen MR) is 84.1 cm³/mol. The van der Waals surface area contributed by atoms with Gasteiger partial charge in [0.25, 0.3) is 0 Å². The largest absolute Gasteiger partial charge is 0.356 e. The molecule has 1 unspecified atom stereocenters. The molecule has 0 bridgehead atoms. The Balaban J connectivity index is 1.60. The van der Waals surface area contributed by atoms with E-state index in [4.69, 9.17) is 5.73 Å². The van der Waals surface area contributed by atoms with E-state index in [1.54, 1.807) is 0 Å². The monoisotopic (exact) mass is 308 g/mol. The number of amides is 2. The van der Waals surface area contributed by atoms with Crippen LogP contribution in [0.5, 0.6) is 0 Å². The fraction of sp³-hybridized carbons (Fsp3) is 0.875. The summed E-state index contributed by atoms with van der Waals surface area (Å²) in [7, 11) is 0. The summed E-state index contributed by atoms with van der Waals surface area (Å²) in [6.07, 6.45) is 6.28. The average molecular weight is 308 g/mol. The van der Waals surface area contributed by atoms with Gasteiger partial charge in [0.15, 0.2) is 0 Å². The Morgan fingerprint density at radius 2 is 1.95 bits per heavy atom. The Bertz CT molecular complexity index is 422. The van der Waals surface area contributed by atoms with Gasteiger partial charge in [0.1, 0.15) is 0 Å². The number of carbonyl (C=O) groups excluding carboxylic acids is 2. The molecule has 22 heavy (non-hydrogen) atoms. The maximum atomic E-state index is 12.8. The summed E-state index contributed by atoms with van der Waals surface area (Å²) >= 11 is 0. The number of piperidine rings is 1. The Morgan fingerprint density at radius 3 is 2.68 bits per heavy atom. The van der Waals surface area contributed by atoms with Gasteiger partial charge in [0, 0.05) is 25.7 Å². The second-order valence-electron chi connectivity index (χ2n) is 6.90. The molecule has 3 aliphatic rings. The lowest BCUT2D eigenvalue weighted by atomic mass is 9.90. The zero-order valence-corrected chi connectivity index (χ0v) is 13.3. The number of nitrogens with two attached hydrogens (primary N) is 1. The van der Waals surface area contributed by atoms with Crippen LogP contribution in [0.3, 0.4) is 0 Å². The first-order valence-corrected chi connectivity index (χ1v) is 8.73. The molecular formula is C16H28N4O2. The van der Waals surface area contributed by atoms with Crippen LogP contribution in [-0.4, -0.2) is 66.4 Å². The van der Waals surface area contributed by atoms with Gasteiger partial charge in [-0.2, -0.15) is 0 Å². The van der Waals surface area contributed by atoms with E-state index in [1.165, 1.54) is 12.8 Å². The zero-order chi connectivity index (χ0) is 15.5. The molecule has 124 valence electrons. The fourth-order valence-electron chi connectivity index (χ4n) is 4.08. The molecule has 0 radical (unpaired) electrons. The summed E-state index contributed by atoms with van der Waals surface area (Å²) in [5.74, 6) is -0.430. The molecule has 2 amide bonds. The van der Waals surface area contributed by atoms with Gasteiger partial charge >= 0.3 is 0 Å². The lowest BCUT2D eigenvalue weighted by Gasteiger charge is -2.33. The molecule has 3 aliphatic heterocycles. The maximum Gasteiger partial charge on any atom is 0.240 e. The summed E-state index contributed by atoms with van der Waals surface area (Å²) in [5.41, 5.74) is 6.17. The highest BCUT2D eigenvalue weighted by Crippen LogP contribution is 2.23. The minimum atomic E-state index is -0.681. The minimum absolute atomic E-state index is 0.0243. The van der Waals surface area contributed by atoms with Crippen molar-refractivity contribution >= 4 is 11.8 Å². The number of hydrogen-bond acceptors (Lipinski definition) is 4. The van der Waals surface area contributed by atoms with E-state index in [0.717, 1.165) is 51.9 Å². The summed E-state index contributed by atoms with van der Waals surface area (Å²) in [5, 5.41) is 2.83. The smallest absolute Gasteiger partial charge is 0.240 e. The van der Waals surface area contributed by atoms with Crippen molar-refractivity contribution in [2.75, 3.05) is 32.7 Å². The first kappa shape index (κ1) is 15.7. The Kier molecular flexibility index (Phi) is 4.98. The molecule has 3 fully saturated rings. The van der Waals surface area contributed by atoms with Gasteiger partial charge in [-0.15, -0.1) is 0 Å². The molecule has 3 N–H and O–H groups in total. The molecular weight excluding hydrogens is 280 g/mol. The Hall–Kier alpha value is -1.14. The summed E-state index contributed by atoms with van der Waals surface area (Å²) in [4.78, 5) is 29.1. The van der Waals surface area contributed by atoms with E-state index in [-0.39, 0.29) is 23.8 Å². The number of nitrogens with zero attached hydrogens (tertiary/aromatic N) is 2. The van der Waals surface area contributed by atoms with Gasteiger partial charge in [-0.05, 0) is 51.6 Å². The van der Waals surface area contributed by atoms with E-state index < -0.39 is 6.04 Å². The minimum Gasteiger partial charge on any atom is -0.356 e. The summed E-state index contributed by atoms with van der Waals surface area (Å²) in [6.45, 7) is 4.76. The van der Waals surface area contributed by atoms with Crippen molar-refractivity contribution in [2.45, 2.75) is 50.6 Å². The van der Waals surface area contributed by atoms with Crippen LogP contribution in [-0.2, 0) is 9.59 Å². The van der Waals surface area contributed by atoms with Crippen LogP contribution in [0.15, 0.2) is 0 Å². The summed E-state index contributed by atoms with van der Waals surface area (Å²) < 4.78 is 0. The van der Waals surface area contributed by atoms with E-state index in [1.807, 2.05) is 4.90 Å². The van der Waals surface area contributed by atoms with Gasteiger partial charge < -0.3 is 20.9 Å². The van der Waals surface area contributed by atoms with Crippen molar-refractivity contribution < 1.29 is 9.59 Å². The van der Waals surface area contributed by atoms with Crippen molar-refractivity contribution in [2.24, 2.45) is 11.7 Å². The Morgan fingerprint density at radius 1 is 1.18 bits per heavy atom. The lowest BCUT2D eigenvalue weighted by molar-refractivity contribution is -0.139. The Labute approximate surface area is 132 Å². The number of likely N-dealkylation sites (tertiary alicyclic amines) is 2. The highest BCUT2D eigenvalue weighted by atomic mass is 16.2. The number of hydrogen-bond donors (Lipinski definition) is 2. The average Bonchev–Trinajstić information content (AvgIpc) is 3.18. The zero-order valence-electron chi connectivity index (χ0n) is 13.3. The molecule has 0 spiro atoms. The molecule has 0 saturated carbocycles. The molecule has 0 aromatic carbocycles. The molecule has 0 aromatic heterocycles. The van der Waals surface area contributed by atoms with Crippen LogP contribution in [0.2, 0.25) is 0 Å². The van der Waals surface area contributed by atoms with Crippen LogP contribution >= 0.6 is 0 Å². The topological polar surface area (TPSA) is 78.7 Å². The van der Waals surface area contributed by atoms with Crippen molar-refractivity contribution in [1.82, 2.24) is 15.1 Å². The van der Waals surface area contributed by atoms with Crippen LogP contribution in [0.1, 0.15) is 38.5 Å². The van der Waals surface area contributed by atoms with Crippen molar-refractivity contribution in [3.63, 3.8) is 0 Å². The van der Waals surface area contributed by atoms with E-state index in [2.05, 4.69) is 10.2 Å². The van der Waals surface area contributed by atoms with Crippen molar-refractivity contribution in [3.05, 3.63) is 0 Å². The van der Waals surface area contributed by atoms with E-state index in [0.29, 0.717) is 6.54 Å². The second-order valence-corrected chi connectivity index (χ2v) is 6.90. The van der Waals surface area contributed by atoms with Crippen molar-refractivity contribution in [1.29, 1.82) is 0 Å². The van der Waals surface area contributed by atoms with Crippen LogP contribution in [0.25, 0.3) is 0 Å². The third-order valence-electron chi connectivity index (χ3n) is 5.37. The highest BCUT2D eigenvalue weighted by Gasteiger charge is 2.38. The van der Waals surface area contributed by atoms with Crippen LogP contribution in [0, 0.1) is 5.92 Å². The quantitative estimate of drug-likeness (QED) is 0.762. The summed E-state index contributed by atoms with van der Waals surface area (Å²) in [6, 6.07) is -0.400. The van der Waals surface area contributed by atoms with Gasteiger partial charge in [-0.1, -0.05) is 0 Å².